The predicted octanol–water partition coefficient (Wildman–Crippen LogP) is 2.97. The standard InChI is InChI=1S/C20H19N3O4S/c1-20(12-21,14-6-7-14)23-17(24)11-27-19(26)13-4-8-15(9-5-13)22-18(25)16-3-2-10-28-16/h2-5,8-10,14H,6-7,11H2,1H3,(H,22,25)(H,23,24)/t20-/m1/s1. The molecule has 0 bridgehead atoms. The van der Waals surface area contributed by atoms with Gasteiger partial charge in [0.15, 0.2) is 6.61 Å². The molecule has 3 rings (SSSR count). The molecule has 2 aromatic rings. The van der Waals surface area contributed by atoms with E-state index in [1.54, 1.807) is 31.2 Å². The smallest absolute Gasteiger partial charge is 0.338 e. The molecule has 0 radical (unpaired) electrons. The zero-order chi connectivity index (χ0) is 20.1. The van der Waals surface area contributed by atoms with E-state index < -0.39 is 24.0 Å². The maximum atomic E-state index is 12.1. The number of esters is 1. The molecule has 1 aliphatic rings. The lowest BCUT2D eigenvalue weighted by Gasteiger charge is -2.22. The molecule has 2 amide bonds. The second-order valence-electron chi connectivity index (χ2n) is 6.72. The van der Waals surface area contributed by atoms with Crippen LogP contribution in [0.1, 0.15) is 39.8 Å². The molecule has 0 aliphatic heterocycles. The number of benzene rings is 1. The maximum absolute atomic E-state index is 12.1. The van der Waals surface area contributed by atoms with Crippen LogP contribution >= 0.6 is 11.3 Å². The number of hydrogen-bond acceptors (Lipinski definition) is 6. The first-order valence-electron chi connectivity index (χ1n) is 8.75. The van der Waals surface area contributed by atoms with Gasteiger partial charge in [-0.15, -0.1) is 11.3 Å². The highest BCUT2D eigenvalue weighted by Crippen LogP contribution is 2.39. The first kappa shape index (κ1) is 19.6. The van der Waals surface area contributed by atoms with E-state index in [4.69, 9.17) is 4.74 Å². The van der Waals surface area contributed by atoms with Gasteiger partial charge in [-0.05, 0) is 61.4 Å². The van der Waals surface area contributed by atoms with Crippen molar-refractivity contribution in [3.63, 3.8) is 0 Å². The summed E-state index contributed by atoms with van der Waals surface area (Å²) >= 11 is 1.33. The van der Waals surface area contributed by atoms with E-state index in [2.05, 4.69) is 16.7 Å². The highest BCUT2D eigenvalue weighted by Gasteiger charge is 2.43. The van der Waals surface area contributed by atoms with Gasteiger partial charge < -0.3 is 15.4 Å². The summed E-state index contributed by atoms with van der Waals surface area (Å²) in [6.45, 7) is 1.22. The van der Waals surface area contributed by atoms with Gasteiger partial charge in [-0.25, -0.2) is 4.79 Å². The summed E-state index contributed by atoms with van der Waals surface area (Å²) < 4.78 is 5.01. The second-order valence-corrected chi connectivity index (χ2v) is 7.67. The molecule has 1 aromatic carbocycles. The number of thiophene rings is 1. The van der Waals surface area contributed by atoms with Gasteiger partial charge in [0.1, 0.15) is 5.54 Å². The van der Waals surface area contributed by atoms with Crippen molar-refractivity contribution in [2.75, 3.05) is 11.9 Å². The molecule has 1 fully saturated rings. The van der Waals surface area contributed by atoms with Crippen molar-refractivity contribution >= 4 is 34.8 Å². The van der Waals surface area contributed by atoms with Crippen molar-refractivity contribution in [2.45, 2.75) is 25.3 Å². The molecule has 1 heterocycles. The van der Waals surface area contributed by atoms with E-state index in [9.17, 15) is 19.6 Å². The Hall–Kier alpha value is -3.18. The fraction of sp³-hybridized carbons (Fsp3) is 0.300. The molecule has 0 saturated heterocycles. The van der Waals surface area contributed by atoms with Crippen LogP contribution in [0.2, 0.25) is 0 Å². The minimum Gasteiger partial charge on any atom is -0.452 e. The van der Waals surface area contributed by atoms with Crippen LogP contribution in [-0.4, -0.2) is 29.9 Å². The van der Waals surface area contributed by atoms with Crippen LogP contribution in [-0.2, 0) is 9.53 Å². The summed E-state index contributed by atoms with van der Waals surface area (Å²) in [5, 5.41) is 16.4. The number of amides is 2. The van der Waals surface area contributed by atoms with Crippen molar-refractivity contribution in [3.05, 3.63) is 52.2 Å². The molecule has 1 atom stereocenters. The summed E-state index contributed by atoms with van der Waals surface area (Å²) in [5.74, 6) is -1.24. The average molecular weight is 397 g/mol. The van der Waals surface area contributed by atoms with Crippen molar-refractivity contribution in [3.8, 4) is 6.07 Å². The van der Waals surface area contributed by atoms with Crippen molar-refractivity contribution in [2.24, 2.45) is 5.92 Å². The molecular weight excluding hydrogens is 378 g/mol. The highest BCUT2D eigenvalue weighted by molar-refractivity contribution is 7.12. The Morgan fingerprint density at radius 1 is 1.25 bits per heavy atom. The average Bonchev–Trinajstić information content (AvgIpc) is 3.41. The number of ether oxygens (including phenoxy) is 1. The zero-order valence-electron chi connectivity index (χ0n) is 15.2. The van der Waals surface area contributed by atoms with Gasteiger partial charge in [0.2, 0.25) is 0 Å². The Kier molecular flexibility index (Phi) is 5.76. The maximum Gasteiger partial charge on any atom is 0.338 e. The molecule has 1 saturated carbocycles. The van der Waals surface area contributed by atoms with Crippen LogP contribution in [0.4, 0.5) is 5.69 Å². The molecule has 1 aliphatic carbocycles. The topological polar surface area (TPSA) is 108 Å². The quantitative estimate of drug-likeness (QED) is 0.698. The van der Waals surface area contributed by atoms with Gasteiger partial charge in [0.05, 0.1) is 16.5 Å². The number of anilines is 1. The van der Waals surface area contributed by atoms with E-state index in [0.29, 0.717) is 10.6 Å². The highest BCUT2D eigenvalue weighted by atomic mass is 32.1. The van der Waals surface area contributed by atoms with E-state index in [-0.39, 0.29) is 17.4 Å². The van der Waals surface area contributed by atoms with Crippen molar-refractivity contribution in [1.29, 1.82) is 5.26 Å². The fourth-order valence-corrected chi connectivity index (χ4v) is 3.33. The number of nitriles is 1. The summed E-state index contributed by atoms with van der Waals surface area (Å²) in [4.78, 5) is 36.7. The Morgan fingerprint density at radius 3 is 2.54 bits per heavy atom. The Labute approximate surface area is 166 Å². The van der Waals surface area contributed by atoms with Crippen molar-refractivity contribution in [1.82, 2.24) is 5.32 Å². The van der Waals surface area contributed by atoms with E-state index in [1.807, 2.05) is 5.38 Å². The lowest BCUT2D eigenvalue weighted by atomic mass is 9.98. The number of nitrogens with one attached hydrogen (secondary N) is 2. The molecule has 8 heteroatoms. The van der Waals surface area contributed by atoms with Crippen LogP contribution in [0.15, 0.2) is 41.8 Å². The summed E-state index contributed by atoms with van der Waals surface area (Å²) in [7, 11) is 0. The van der Waals surface area contributed by atoms with Gasteiger partial charge in [-0.2, -0.15) is 5.26 Å². The Bertz CT molecular complexity index is 914. The zero-order valence-corrected chi connectivity index (χ0v) is 16.0. The van der Waals surface area contributed by atoms with Crippen LogP contribution in [0.3, 0.4) is 0 Å². The fourth-order valence-electron chi connectivity index (χ4n) is 2.71. The van der Waals surface area contributed by atoms with Gasteiger partial charge in [0, 0.05) is 5.69 Å². The molecule has 0 unspecified atom stereocenters. The van der Waals surface area contributed by atoms with Crippen LogP contribution in [0.25, 0.3) is 0 Å². The predicted molar refractivity (Wildman–Crippen MR) is 104 cm³/mol. The third-order valence-corrected chi connectivity index (χ3v) is 5.35. The number of rotatable bonds is 7. The van der Waals surface area contributed by atoms with E-state index in [0.717, 1.165) is 12.8 Å². The van der Waals surface area contributed by atoms with E-state index in [1.165, 1.54) is 23.5 Å². The second kappa shape index (κ2) is 8.23. The molecule has 28 heavy (non-hydrogen) atoms. The molecule has 144 valence electrons. The van der Waals surface area contributed by atoms with Crippen LogP contribution in [0, 0.1) is 17.2 Å². The van der Waals surface area contributed by atoms with Gasteiger partial charge in [-0.1, -0.05) is 6.07 Å². The largest absolute Gasteiger partial charge is 0.452 e. The Morgan fingerprint density at radius 2 is 1.96 bits per heavy atom. The van der Waals surface area contributed by atoms with Crippen molar-refractivity contribution < 1.29 is 19.1 Å². The number of hydrogen-bond donors (Lipinski definition) is 2. The third-order valence-electron chi connectivity index (χ3n) is 4.48. The minimum absolute atomic E-state index is 0.147. The monoisotopic (exact) mass is 397 g/mol. The molecule has 2 N–H and O–H groups in total. The van der Waals surface area contributed by atoms with E-state index >= 15 is 0 Å². The molecule has 0 spiro atoms. The van der Waals surface area contributed by atoms with Crippen LogP contribution in [0.5, 0.6) is 0 Å². The molecule has 1 aromatic heterocycles. The molecular formula is C20H19N3O4S. The number of carbonyl (C=O) groups excluding carboxylic acids is 3. The first-order valence-corrected chi connectivity index (χ1v) is 9.63. The lowest BCUT2D eigenvalue weighted by molar-refractivity contribution is -0.125. The van der Waals surface area contributed by atoms with Gasteiger partial charge in [0.25, 0.3) is 11.8 Å². The number of nitrogens with zero attached hydrogens (tertiary/aromatic N) is 1. The number of carbonyl (C=O) groups is 3. The summed E-state index contributed by atoms with van der Waals surface area (Å²) in [6.07, 6.45) is 1.80. The van der Waals surface area contributed by atoms with Gasteiger partial charge in [-0.3, -0.25) is 9.59 Å². The summed E-state index contributed by atoms with van der Waals surface area (Å²) in [5.41, 5.74) is -0.125. The van der Waals surface area contributed by atoms with Crippen LogP contribution < -0.4 is 10.6 Å². The normalized spacial score (nSPS) is 15.0. The minimum atomic E-state index is -0.925. The SMILES string of the molecule is C[C@](C#N)(NC(=O)COC(=O)c1ccc(NC(=O)c2cccs2)cc1)C1CC1. The third kappa shape index (κ3) is 4.75. The first-order chi connectivity index (χ1) is 13.4. The molecule has 7 nitrogen and oxygen atoms in total. The lowest BCUT2D eigenvalue weighted by Crippen LogP contribution is -2.48. The summed E-state index contributed by atoms with van der Waals surface area (Å²) in [6, 6.07) is 11.8. The van der Waals surface area contributed by atoms with Gasteiger partial charge >= 0.3 is 5.97 Å². The Balaban J connectivity index is 1.50.